The summed E-state index contributed by atoms with van der Waals surface area (Å²) in [6, 6.07) is 0. The Hall–Kier alpha value is -0.570. The molecule has 0 aliphatic heterocycles. The number of unbranched alkanes of at least 4 members (excludes halogenated alkanes) is 18. The summed E-state index contributed by atoms with van der Waals surface area (Å²) in [7, 11) is 6.12. The zero-order chi connectivity index (χ0) is 23.0. The topological polar surface area (TPSA) is 23.6 Å². The van der Waals surface area contributed by atoms with E-state index in [1.165, 1.54) is 116 Å². The van der Waals surface area contributed by atoms with Crippen LogP contribution < -0.4 is 0 Å². The highest BCUT2D eigenvalue weighted by atomic mass is 16.2. The van der Waals surface area contributed by atoms with Crippen molar-refractivity contribution in [3.63, 3.8) is 0 Å². The van der Waals surface area contributed by atoms with Crippen LogP contribution in [0.2, 0.25) is 0 Å². The monoisotopic (exact) mass is 438 g/mol. The number of rotatable bonds is 24. The molecule has 0 saturated carbocycles. The van der Waals surface area contributed by atoms with E-state index in [0.717, 1.165) is 32.4 Å². The SMILES string of the molecule is CCCCCCCCCCCCCCCCCCCCCC(=O)N(C)CCCN(C)C. The molecule has 31 heavy (non-hydrogen) atoms. The van der Waals surface area contributed by atoms with Crippen molar-refractivity contribution in [3.05, 3.63) is 0 Å². The Morgan fingerprint density at radius 3 is 1.19 bits per heavy atom. The maximum atomic E-state index is 12.1. The first-order valence-electron chi connectivity index (χ1n) is 14.0. The normalized spacial score (nSPS) is 11.4. The van der Waals surface area contributed by atoms with Crippen molar-refractivity contribution in [2.45, 2.75) is 142 Å². The number of hydrogen-bond acceptors (Lipinski definition) is 2. The molecule has 0 aliphatic rings. The number of carbonyl (C=O) groups is 1. The fourth-order valence-corrected chi connectivity index (χ4v) is 4.29. The van der Waals surface area contributed by atoms with Crippen LogP contribution in [-0.2, 0) is 4.79 Å². The molecule has 0 aromatic rings. The third kappa shape index (κ3) is 23.9. The average molecular weight is 439 g/mol. The molecule has 0 fully saturated rings. The summed E-state index contributed by atoms with van der Waals surface area (Å²) in [5.41, 5.74) is 0. The molecule has 0 spiro atoms. The van der Waals surface area contributed by atoms with Gasteiger partial charge in [0.2, 0.25) is 5.91 Å². The Bertz CT molecular complexity index is 370. The van der Waals surface area contributed by atoms with Crippen molar-refractivity contribution < 1.29 is 4.79 Å². The van der Waals surface area contributed by atoms with Crippen molar-refractivity contribution in [1.29, 1.82) is 0 Å². The predicted molar refractivity (Wildman–Crippen MR) is 139 cm³/mol. The second-order valence-electron chi connectivity index (χ2n) is 10.1. The summed E-state index contributed by atoms with van der Waals surface area (Å²) < 4.78 is 0. The lowest BCUT2D eigenvalue weighted by Crippen LogP contribution is -2.29. The smallest absolute Gasteiger partial charge is 0.222 e. The van der Waals surface area contributed by atoms with Crippen LogP contribution in [0.1, 0.15) is 142 Å². The first kappa shape index (κ1) is 30.4. The molecule has 0 rings (SSSR count). The van der Waals surface area contributed by atoms with Crippen LogP contribution >= 0.6 is 0 Å². The van der Waals surface area contributed by atoms with Crippen molar-refractivity contribution in [2.24, 2.45) is 0 Å². The highest BCUT2D eigenvalue weighted by Gasteiger charge is 2.07. The minimum absolute atomic E-state index is 0.325. The van der Waals surface area contributed by atoms with E-state index < -0.39 is 0 Å². The second kappa shape index (κ2) is 24.1. The minimum Gasteiger partial charge on any atom is -0.346 e. The van der Waals surface area contributed by atoms with Gasteiger partial charge in [0, 0.05) is 20.0 Å². The largest absolute Gasteiger partial charge is 0.346 e. The van der Waals surface area contributed by atoms with E-state index >= 15 is 0 Å². The maximum Gasteiger partial charge on any atom is 0.222 e. The van der Waals surface area contributed by atoms with E-state index in [9.17, 15) is 4.79 Å². The van der Waals surface area contributed by atoms with Gasteiger partial charge in [-0.2, -0.15) is 0 Å². The zero-order valence-electron chi connectivity index (χ0n) is 22.1. The average Bonchev–Trinajstić information content (AvgIpc) is 2.74. The minimum atomic E-state index is 0.325. The van der Waals surface area contributed by atoms with Crippen LogP contribution in [0.3, 0.4) is 0 Å². The van der Waals surface area contributed by atoms with Crippen molar-refractivity contribution in [3.8, 4) is 0 Å². The molecule has 0 aliphatic carbocycles. The van der Waals surface area contributed by atoms with Gasteiger partial charge in [0.25, 0.3) is 0 Å². The number of nitrogens with zero attached hydrogens (tertiary/aromatic N) is 2. The van der Waals surface area contributed by atoms with Gasteiger partial charge in [-0.3, -0.25) is 4.79 Å². The molecule has 0 atom stereocenters. The van der Waals surface area contributed by atoms with Gasteiger partial charge in [-0.05, 0) is 33.5 Å². The fourth-order valence-electron chi connectivity index (χ4n) is 4.29. The van der Waals surface area contributed by atoms with Crippen LogP contribution in [0.25, 0.3) is 0 Å². The van der Waals surface area contributed by atoms with Crippen LogP contribution in [0.4, 0.5) is 0 Å². The molecule has 1 amide bonds. The molecular formula is C28H58N2O. The zero-order valence-corrected chi connectivity index (χ0v) is 22.1. The number of carbonyl (C=O) groups excluding carboxylic acids is 1. The van der Waals surface area contributed by atoms with Gasteiger partial charge in [-0.1, -0.05) is 122 Å². The summed E-state index contributed by atoms with van der Waals surface area (Å²) in [6.07, 6.45) is 28.3. The molecule has 0 radical (unpaired) electrons. The van der Waals surface area contributed by atoms with Crippen LogP contribution in [0.5, 0.6) is 0 Å². The first-order chi connectivity index (χ1) is 15.1. The van der Waals surface area contributed by atoms with Gasteiger partial charge in [0.05, 0.1) is 0 Å². The van der Waals surface area contributed by atoms with Crippen molar-refractivity contribution in [1.82, 2.24) is 9.80 Å². The molecule has 0 unspecified atom stereocenters. The lowest BCUT2D eigenvalue weighted by molar-refractivity contribution is -0.130. The Kier molecular flexibility index (Phi) is 23.6. The molecule has 186 valence electrons. The van der Waals surface area contributed by atoms with Gasteiger partial charge < -0.3 is 9.80 Å². The Balaban J connectivity index is 3.20. The number of hydrogen-bond donors (Lipinski definition) is 0. The van der Waals surface area contributed by atoms with E-state index in [2.05, 4.69) is 25.9 Å². The van der Waals surface area contributed by atoms with E-state index in [1.54, 1.807) is 0 Å². The molecule has 0 aromatic heterocycles. The summed E-state index contributed by atoms with van der Waals surface area (Å²) in [5, 5.41) is 0. The summed E-state index contributed by atoms with van der Waals surface area (Å²) in [5.74, 6) is 0.325. The van der Waals surface area contributed by atoms with Gasteiger partial charge >= 0.3 is 0 Å². The molecule has 3 heteroatoms. The fraction of sp³-hybridized carbons (Fsp3) is 0.964. The Morgan fingerprint density at radius 2 is 0.839 bits per heavy atom. The van der Waals surface area contributed by atoms with E-state index in [4.69, 9.17) is 0 Å². The van der Waals surface area contributed by atoms with Gasteiger partial charge in [0.1, 0.15) is 0 Å². The molecule has 0 bridgehead atoms. The van der Waals surface area contributed by atoms with Gasteiger partial charge in [0.15, 0.2) is 0 Å². The summed E-state index contributed by atoms with van der Waals surface area (Å²) in [6.45, 7) is 4.23. The molecule has 0 heterocycles. The van der Waals surface area contributed by atoms with Crippen LogP contribution in [-0.4, -0.2) is 49.9 Å². The van der Waals surface area contributed by atoms with Crippen LogP contribution in [0, 0.1) is 0 Å². The lowest BCUT2D eigenvalue weighted by atomic mass is 10.0. The van der Waals surface area contributed by atoms with Crippen molar-refractivity contribution in [2.75, 3.05) is 34.2 Å². The molecule has 0 aromatic carbocycles. The standard InChI is InChI=1S/C28H58N2O/c1-5-6-7-8-9-10-11-12-13-14-15-16-17-18-19-20-21-22-23-25-28(31)30(4)27-24-26-29(2)3/h5-27H2,1-4H3. The first-order valence-corrected chi connectivity index (χ1v) is 14.0. The number of amides is 1. The predicted octanol–water partition coefficient (Wildman–Crippen LogP) is 8.22. The van der Waals surface area contributed by atoms with Gasteiger partial charge in [-0.25, -0.2) is 0 Å². The highest BCUT2D eigenvalue weighted by Crippen LogP contribution is 2.15. The van der Waals surface area contributed by atoms with E-state index in [1.807, 2.05) is 11.9 Å². The van der Waals surface area contributed by atoms with Gasteiger partial charge in [-0.15, -0.1) is 0 Å². The molecule has 0 saturated heterocycles. The molecule has 0 N–H and O–H groups in total. The highest BCUT2D eigenvalue weighted by molar-refractivity contribution is 5.75. The Labute approximate surface area is 196 Å². The molecule has 3 nitrogen and oxygen atoms in total. The Morgan fingerprint density at radius 1 is 0.484 bits per heavy atom. The quantitative estimate of drug-likeness (QED) is 0.142. The summed E-state index contributed by atoms with van der Waals surface area (Å²) in [4.78, 5) is 16.2. The maximum absolute atomic E-state index is 12.1. The van der Waals surface area contributed by atoms with E-state index in [-0.39, 0.29) is 0 Å². The van der Waals surface area contributed by atoms with E-state index in [0.29, 0.717) is 5.91 Å². The van der Waals surface area contributed by atoms with Crippen LogP contribution in [0.15, 0.2) is 0 Å². The lowest BCUT2D eigenvalue weighted by Gasteiger charge is -2.18. The van der Waals surface area contributed by atoms with Crippen molar-refractivity contribution >= 4 is 5.91 Å². The second-order valence-corrected chi connectivity index (χ2v) is 10.1. The molecular weight excluding hydrogens is 380 g/mol. The summed E-state index contributed by atoms with van der Waals surface area (Å²) >= 11 is 0. The third-order valence-corrected chi connectivity index (χ3v) is 6.52. The third-order valence-electron chi connectivity index (χ3n) is 6.52.